The number of urea groups is 1. The van der Waals surface area contributed by atoms with Gasteiger partial charge in [-0.3, -0.25) is 14.5 Å². The summed E-state index contributed by atoms with van der Waals surface area (Å²) in [5, 5.41) is 5.61. The average Bonchev–Trinajstić information content (AvgIpc) is 3.12. The van der Waals surface area contributed by atoms with Crippen LogP contribution < -0.4 is 10.6 Å². The SMILES string of the molecule is CCOC(=O)c1c(NC(=O)CN2C(=O)NC(Cc3ccccc3)C2=O)sc(C)c1C. The molecule has 1 aromatic heterocycles. The summed E-state index contributed by atoms with van der Waals surface area (Å²) in [4.78, 5) is 51.4. The molecule has 9 heteroatoms. The number of amides is 4. The molecular formula is C21H23N3O5S. The van der Waals surface area contributed by atoms with Crippen molar-refractivity contribution in [1.29, 1.82) is 0 Å². The molecule has 1 atom stereocenters. The van der Waals surface area contributed by atoms with E-state index in [1.54, 1.807) is 13.8 Å². The Labute approximate surface area is 178 Å². The van der Waals surface area contributed by atoms with E-state index >= 15 is 0 Å². The molecule has 2 aromatic rings. The summed E-state index contributed by atoms with van der Waals surface area (Å²) in [7, 11) is 0. The van der Waals surface area contributed by atoms with Crippen molar-refractivity contribution in [3.8, 4) is 0 Å². The summed E-state index contributed by atoms with van der Waals surface area (Å²) >= 11 is 1.25. The van der Waals surface area contributed by atoms with E-state index < -0.39 is 36.4 Å². The van der Waals surface area contributed by atoms with Gasteiger partial charge in [-0.15, -0.1) is 11.3 Å². The minimum atomic E-state index is -0.714. The molecule has 158 valence electrons. The van der Waals surface area contributed by atoms with E-state index in [0.29, 0.717) is 17.0 Å². The lowest BCUT2D eigenvalue weighted by atomic mass is 10.1. The number of aryl methyl sites for hydroxylation is 1. The maximum atomic E-state index is 12.6. The number of anilines is 1. The lowest BCUT2D eigenvalue weighted by molar-refractivity contribution is -0.130. The van der Waals surface area contributed by atoms with Gasteiger partial charge in [-0.2, -0.15) is 0 Å². The van der Waals surface area contributed by atoms with Crippen LogP contribution in [-0.2, 0) is 20.7 Å². The predicted octanol–water partition coefficient (Wildman–Crippen LogP) is 2.64. The number of ether oxygens (including phenoxy) is 1. The van der Waals surface area contributed by atoms with Gasteiger partial charge < -0.3 is 15.4 Å². The quantitative estimate of drug-likeness (QED) is 0.520. The molecule has 3 rings (SSSR count). The monoisotopic (exact) mass is 429 g/mol. The number of nitrogens with zero attached hydrogens (tertiary/aromatic N) is 1. The fourth-order valence-corrected chi connectivity index (χ4v) is 4.25. The van der Waals surface area contributed by atoms with E-state index in [2.05, 4.69) is 10.6 Å². The van der Waals surface area contributed by atoms with Gasteiger partial charge in [-0.1, -0.05) is 30.3 Å². The highest BCUT2D eigenvalue weighted by molar-refractivity contribution is 7.16. The predicted molar refractivity (Wildman–Crippen MR) is 113 cm³/mol. The molecule has 1 aliphatic rings. The molecule has 30 heavy (non-hydrogen) atoms. The largest absolute Gasteiger partial charge is 0.462 e. The number of thiophene rings is 1. The number of carbonyl (C=O) groups is 4. The van der Waals surface area contributed by atoms with E-state index in [4.69, 9.17) is 4.74 Å². The average molecular weight is 429 g/mol. The smallest absolute Gasteiger partial charge is 0.341 e. The minimum Gasteiger partial charge on any atom is -0.462 e. The van der Waals surface area contributed by atoms with Crippen LogP contribution in [-0.4, -0.2) is 47.9 Å². The van der Waals surface area contributed by atoms with Crippen LogP contribution in [0.15, 0.2) is 30.3 Å². The molecule has 1 fully saturated rings. The Morgan fingerprint density at radius 3 is 2.57 bits per heavy atom. The molecule has 2 heterocycles. The number of hydrogen-bond acceptors (Lipinski definition) is 6. The first-order valence-corrected chi connectivity index (χ1v) is 10.4. The molecule has 0 saturated carbocycles. The summed E-state index contributed by atoms with van der Waals surface area (Å²) in [6.45, 7) is 5.09. The molecule has 4 amide bonds. The van der Waals surface area contributed by atoms with Gasteiger partial charge in [0.2, 0.25) is 5.91 Å². The lowest BCUT2D eigenvalue weighted by Gasteiger charge is -2.13. The van der Waals surface area contributed by atoms with Crippen LogP contribution in [0.1, 0.15) is 33.3 Å². The van der Waals surface area contributed by atoms with Crippen molar-refractivity contribution in [2.24, 2.45) is 0 Å². The minimum absolute atomic E-state index is 0.214. The Hall–Kier alpha value is -3.20. The second-order valence-electron chi connectivity index (χ2n) is 6.87. The number of nitrogens with one attached hydrogen (secondary N) is 2. The molecule has 1 aromatic carbocycles. The fraction of sp³-hybridized carbons (Fsp3) is 0.333. The number of benzene rings is 1. The van der Waals surface area contributed by atoms with Crippen LogP contribution in [0.2, 0.25) is 0 Å². The van der Waals surface area contributed by atoms with Crippen molar-refractivity contribution in [3.05, 3.63) is 51.9 Å². The van der Waals surface area contributed by atoms with E-state index in [1.807, 2.05) is 37.3 Å². The molecule has 0 bridgehead atoms. The van der Waals surface area contributed by atoms with Gasteiger partial charge in [0.15, 0.2) is 0 Å². The highest BCUT2D eigenvalue weighted by atomic mass is 32.1. The fourth-order valence-electron chi connectivity index (χ4n) is 3.19. The molecule has 2 N–H and O–H groups in total. The van der Waals surface area contributed by atoms with Crippen LogP contribution in [0.5, 0.6) is 0 Å². The zero-order valence-electron chi connectivity index (χ0n) is 17.0. The zero-order valence-corrected chi connectivity index (χ0v) is 17.8. The van der Waals surface area contributed by atoms with E-state index in [9.17, 15) is 19.2 Å². The van der Waals surface area contributed by atoms with Gasteiger partial charge in [-0.05, 0) is 31.9 Å². The Bertz CT molecular complexity index is 986. The van der Waals surface area contributed by atoms with E-state index in [-0.39, 0.29) is 6.61 Å². The van der Waals surface area contributed by atoms with Gasteiger partial charge >= 0.3 is 12.0 Å². The third kappa shape index (κ3) is 4.51. The number of esters is 1. The standard InChI is InChI=1S/C21H23N3O5S/c1-4-29-20(27)17-12(2)13(3)30-18(17)23-16(25)11-24-19(26)15(22-21(24)28)10-14-8-6-5-7-9-14/h5-9,15H,4,10-11H2,1-3H3,(H,22,28)(H,23,25). The number of imide groups is 1. The van der Waals surface area contributed by atoms with Crippen LogP contribution in [0.25, 0.3) is 0 Å². The molecule has 0 spiro atoms. The van der Waals surface area contributed by atoms with Crippen LogP contribution in [0.4, 0.5) is 9.80 Å². The van der Waals surface area contributed by atoms with Crippen LogP contribution in [0, 0.1) is 13.8 Å². The first-order valence-electron chi connectivity index (χ1n) is 9.54. The summed E-state index contributed by atoms with van der Waals surface area (Å²) < 4.78 is 5.07. The topological polar surface area (TPSA) is 105 Å². The van der Waals surface area contributed by atoms with Crippen molar-refractivity contribution in [3.63, 3.8) is 0 Å². The molecule has 1 aliphatic heterocycles. The molecular weight excluding hydrogens is 406 g/mol. The van der Waals surface area contributed by atoms with Crippen molar-refractivity contribution in [2.45, 2.75) is 33.2 Å². The van der Waals surface area contributed by atoms with E-state index in [0.717, 1.165) is 20.9 Å². The highest BCUT2D eigenvalue weighted by Gasteiger charge is 2.39. The molecule has 8 nitrogen and oxygen atoms in total. The van der Waals surface area contributed by atoms with E-state index in [1.165, 1.54) is 11.3 Å². The Kier molecular flexibility index (Phi) is 6.51. The molecule has 1 unspecified atom stereocenters. The Balaban J connectivity index is 1.68. The van der Waals surface area contributed by atoms with Crippen LogP contribution in [0.3, 0.4) is 0 Å². The third-order valence-electron chi connectivity index (χ3n) is 4.81. The number of hydrogen-bond donors (Lipinski definition) is 2. The zero-order chi connectivity index (χ0) is 21.8. The summed E-state index contributed by atoms with van der Waals surface area (Å²) in [6.07, 6.45) is 0.347. The highest BCUT2D eigenvalue weighted by Crippen LogP contribution is 2.33. The molecule has 1 saturated heterocycles. The molecule has 0 radical (unpaired) electrons. The van der Waals surface area contributed by atoms with Crippen molar-refractivity contribution in [1.82, 2.24) is 10.2 Å². The lowest BCUT2D eigenvalue weighted by Crippen LogP contribution is -2.38. The van der Waals surface area contributed by atoms with Gasteiger partial charge in [0.05, 0.1) is 12.2 Å². The summed E-state index contributed by atoms with van der Waals surface area (Å²) in [5.74, 6) is -1.54. The number of carbonyl (C=O) groups excluding carboxylic acids is 4. The Morgan fingerprint density at radius 2 is 1.90 bits per heavy atom. The third-order valence-corrected chi connectivity index (χ3v) is 5.93. The first kappa shape index (κ1) is 21.5. The van der Waals surface area contributed by atoms with Crippen molar-refractivity contribution < 1.29 is 23.9 Å². The van der Waals surface area contributed by atoms with Gasteiger partial charge in [0, 0.05) is 11.3 Å². The second kappa shape index (κ2) is 9.08. The van der Waals surface area contributed by atoms with Crippen LogP contribution >= 0.6 is 11.3 Å². The summed E-state index contributed by atoms with van der Waals surface area (Å²) in [6, 6.07) is 7.99. The number of rotatable bonds is 7. The van der Waals surface area contributed by atoms with Gasteiger partial charge in [0.1, 0.15) is 17.6 Å². The summed E-state index contributed by atoms with van der Waals surface area (Å²) in [5.41, 5.74) is 1.93. The van der Waals surface area contributed by atoms with Crippen molar-refractivity contribution >= 4 is 40.2 Å². The normalized spacial score (nSPS) is 15.8. The first-order chi connectivity index (χ1) is 14.3. The second-order valence-corrected chi connectivity index (χ2v) is 8.10. The maximum Gasteiger partial charge on any atom is 0.341 e. The molecule has 0 aliphatic carbocycles. The van der Waals surface area contributed by atoms with Gasteiger partial charge in [-0.25, -0.2) is 9.59 Å². The van der Waals surface area contributed by atoms with Gasteiger partial charge in [0.25, 0.3) is 5.91 Å². The maximum absolute atomic E-state index is 12.6. The van der Waals surface area contributed by atoms with Crippen molar-refractivity contribution in [2.75, 3.05) is 18.5 Å². The Morgan fingerprint density at radius 1 is 1.20 bits per heavy atom.